The van der Waals surface area contributed by atoms with Gasteiger partial charge in [-0.15, -0.1) is 0 Å². The lowest BCUT2D eigenvalue weighted by Gasteiger charge is -2.33. The fourth-order valence-corrected chi connectivity index (χ4v) is 3.15. The zero-order valence-corrected chi connectivity index (χ0v) is 12.5. The Bertz CT molecular complexity index is 421. The molecule has 106 valence electrons. The number of benzene rings is 1. The van der Waals surface area contributed by atoms with Crippen molar-refractivity contribution in [3.05, 3.63) is 28.8 Å². The van der Waals surface area contributed by atoms with Crippen LogP contribution in [0.1, 0.15) is 30.0 Å². The van der Waals surface area contributed by atoms with Crippen molar-refractivity contribution in [3.63, 3.8) is 0 Å². The van der Waals surface area contributed by atoms with Crippen LogP contribution in [0.25, 0.3) is 0 Å². The highest BCUT2D eigenvalue weighted by atomic mass is 16.3. The highest BCUT2D eigenvalue weighted by Gasteiger charge is 2.25. The Labute approximate surface area is 116 Å². The van der Waals surface area contributed by atoms with Crippen LogP contribution in [0.4, 0.5) is 5.69 Å². The molecule has 0 radical (unpaired) electrons. The number of rotatable bonds is 2. The molecular weight excluding hydrogens is 236 g/mol. The molecule has 3 heteroatoms. The first-order valence-corrected chi connectivity index (χ1v) is 7.21. The maximum atomic E-state index is 9.69. The molecule has 3 nitrogen and oxygen atoms in total. The summed E-state index contributed by atoms with van der Waals surface area (Å²) in [5, 5.41) is 13.2. The van der Waals surface area contributed by atoms with Crippen molar-refractivity contribution >= 4 is 5.69 Å². The monoisotopic (exact) mass is 262 g/mol. The van der Waals surface area contributed by atoms with E-state index in [2.05, 4.69) is 50.0 Å². The van der Waals surface area contributed by atoms with Gasteiger partial charge < -0.3 is 15.3 Å². The fourth-order valence-electron chi connectivity index (χ4n) is 3.15. The minimum absolute atomic E-state index is 0.171. The van der Waals surface area contributed by atoms with E-state index in [1.165, 1.54) is 22.4 Å². The van der Waals surface area contributed by atoms with Crippen LogP contribution in [0.3, 0.4) is 0 Å². The topological polar surface area (TPSA) is 35.5 Å². The first kappa shape index (κ1) is 14.4. The Hall–Kier alpha value is -1.06. The molecule has 0 amide bonds. The molecule has 2 rings (SSSR count). The standard InChI is InChI=1S/C16H26N2O/c1-11-7-12(2)16(13(3)8-11)18-6-5-14(4)17-9-15(18)10-19/h7-8,14-15,17,19H,5-6,9-10H2,1-4H3. The smallest absolute Gasteiger partial charge is 0.0647 e. The number of anilines is 1. The van der Waals surface area contributed by atoms with Gasteiger partial charge >= 0.3 is 0 Å². The molecule has 2 unspecified atom stereocenters. The van der Waals surface area contributed by atoms with Gasteiger partial charge in [-0.25, -0.2) is 0 Å². The van der Waals surface area contributed by atoms with Gasteiger partial charge in [-0.2, -0.15) is 0 Å². The van der Waals surface area contributed by atoms with Gasteiger partial charge in [-0.05, 0) is 45.2 Å². The van der Waals surface area contributed by atoms with Crippen molar-refractivity contribution < 1.29 is 5.11 Å². The molecule has 1 aliphatic heterocycles. The molecule has 2 atom stereocenters. The molecule has 1 heterocycles. The van der Waals surface area contributed by atoms with Crippen LogP contribution < -0.4 is 10.2 Å². The van der Waals surface area contributed by atoms with Crippen LogP contribution in [-0.2, 0) is 0 Å². The lowest BCUT2D eigenvalue weighted by atomic mass is 10.0. The number of aliphatic hydroxyl groups excluding tert-OH is 1. The van der Waals surface area contributed by atoms with E-state index in [0.29, 0.717) is 6.04 Å². The first-order valence-electron chi connectivity index (χ1n) is 7.21. The molecule has 0 saturated carbocycles. The Kier molecular flexibility index (Phi) is 4.48. The van der Waals surface area contributed by atoms with Gasteiger partial charge in [0, 0.05) is 24.8 Å². The van der Waals surface area contributed by atoms with Gasteiger partial charge in [0.1, 0.15) is 0 Å². The van der Waals surface area contributed by atoms with Crippen LogP contribution in [0.15, 0.2) is 12.1 Å². The Morgan fingerprint density at radius 3 is 2.47 bits per heavy atom. The second kappa shape index (κ2) is 5.93. The third-order valence-electron chi connectivity index (χ3n) is 4.08. The predicted molar refractivity (Wildman–Crippen MR) is 81.0 cm³/mol. The number of nitrogens with one attached hydrogen (secondary N) is 1. The summed E-state index contributed by atoms with van der Waals surface area (Å²) in [6, 6.07) is 5.16. The zero-order chi connectivity index (χ0) is 14.0. The van der Waals surface area contributed by atoms with Gasteiger partial charge in [0.05, 0.1) is 12.6 Å². The van der Waals surface area contributed by atoms with E-state index in [0.717, 1.165) is 19.5 Å². The minimum Gasteiger partial charge on any atom is -0.394 e. The van der Waals surface area contributed by atoms with Gasteiger partial charge in [-0.1, -0.05) is 17.7 Å². The average molecular weight is 262 g/mol. The normalized spacial score (nSPS) is 24.4. The maximum absolute atomic E-state index is 9.69. The zero-order valence-electron chi connectivity index (χ0n) is 12.5. The maximum Gasteiger partial charge on any atom is 0.0647 e. The van der Waals surface area contributed by atoms with E-state index in [9.17, 15) is 5.11 Å². The number of aryl methyl sites for hydroxylation is 3. The second-order valence-electron chi connectivity index (χ2n) is 5.88. The van der Waals surface area contributed by atoms with Crippen molar-refractivity contribution in [2.45, 2.75) is 46.2 Å². The van der Waals surface area contributed by atoms with Crippen molar-refractivity contribution in [1.82, 2.24) is 5.32 Å². The van der Waals surface area contributed by atoms with Crippen molar-refractivity contribution in [2.75, 3.05) is 24.6 Å². The Morgan fingerprint density at radius 1 is 1.26 bits per heavy atom. The van der Waals surface area contributed by atoms with Crippen molar-refractivity contribution in [3.8, 4) is 0 Å². The molecular formula is C16H26N2O. The largest absolute Gasteiger partial charge is 0.394 e. The second-order valence-corrected chi connectivity index (χ2v) is 5.88. The van der Waals surface area contributed by atoms with Gasteiger partial charge in [-0.3, -0.25) is 0 Å². The SMILES string of the molecule is Cc1cc(C)c(N2CCC(C)NCC2CO)c(C)c1. The summed E-state index contributed by atoms with van der Waals surface area (Å²) in [6.07, 6.45) is 1.11. The Morgan fingerprint density at radius 2 is 1.89 bits per heavy atom. The Balaban J connectivity index is 2.37. The molecule has 1 aliphatic rings. The quantitative estimate of drug-likeness (QED) is 0.857. The first-order chi connectivity index (χ1) is 9.02. The lowest BCUT2D eigenvalue weighted by molar-refractivity contribution is 0.259. The third-order valence-corrected chi connectivity index (χ3v) is 4.08. The summed E-state index contributed by atoms with van der Waals surface area (Å²) in [5.74, 6) is 0. The van der Waals surface area contributed by atoms with Crippen LogP contribution in [0, 0.1) is 20.8 Å². The molecule has 1 aromatic rings. The number of hydrogen-bond donors (Lipinski definition) is 2. The molecule has 0 aromatic heterocycles. The van der Waals surface area contributed by atoms with E-state index >= 15 is 0 Å². The van der Waals surface area contributed by atoms with Gasteiger partial charge in [0.15, 0.2) is 0 Å². The van der Waals surface area contributed by atoms with Crippen molar-refractivity contribution in [1.29, 1.82) is 0 Å². The van der Waals surface area contributed by atoms with Crippen LogP contribution in [-0.4, -0.2) is 36.9 Å². The summed E-state index contributed by atoms with van der Waals surface area (Å²) in [4.78, 5) is 2.39. The fraction of sp³-hybridized carbons (Fsp3) is 0.625. The number of nitrogens with zero attached hydrogens (tertiary/aromatic N) is 1. The molecule has 0 aliphatic carbocycles. The molecule has 1 aromatic carbocycles. The van der Waals surface area contributed by atoms with E-state index in [-0.39, 0.29) is 12.6 Å². The summed E-state index contributed by atoms with van der Waals surface area (Å²) in [6.45, 7) is 10.8. The number of hydrogen-bond acceptors (Lipinski definition) is 3. The summed E-state index contributed by atoms with van der Waals surface area (Å²) < 4.78 is 0. The molecule has 19 heavy (non-hydrogen) atoms. The predicted octanol–water partition coefficient (Wildman–Crippen LogP) is 2.16. The van der Waals surface area contributed by atoms with Crippen molar-refractivity contribution in [2.24, 2.45) is 0 Å². The highest BCUT2D eigenvalue weighted by molar-refractivity contribution is 5.61. The molecule has 0 spiro atoms. The molecule has 1 saturated heterocycles. The minimum atomic E-state index is 0.171. The number of aliphatic hydroxyl groups is 1. The lowest BCUT2D eigenvalue weighted by Crippen LogP contribution is -2.43. The van der Waals surface area contributed by atoms with E-state index in [1.54, 1.807) is 0 Å². The third kappa shape index (κ3) is 3.10. The molecule has 0 bridgehead atoms. The highest BCUT2D eigenvalue weighted by Crippen LogP contribution is 2.29. The van der Waals surface area contributed by atoms with E-state index in [1.807, 2.05) is 0 Å². The van der Waals surface area contributed by atoms with E-state index in [4.69, 9.17) is 0 Å². The van der Waals surface area contributed by atoms with Crippen LogP contribution in [0.5, 0.6) is 0 Å². The van der Waals surface area contributed by atoms with Crippen LogP contribution >= 0.6 is 0 Å². The van der Waals surface area contributed by atoms with Gasteiger partial charge in [0.2, 0.25) is 0 Å². The van der Waals surface area contributed by atoms with E-state index < -0.39 is 0 Å². The van der Waals surface area contributed by atoms with Gasteiger partial charge in [0.25, 0.3) is 0 Å². The summed E-state index contributed by atoms with van der Waals surface area (Å²) >= 11 is 0. The molecule has 2 N–H and O–H groups in total. The van der Waals surface area contributed by atoms with Crippen LogP contribution in [0.2, 0.25) is 0 Å². The molecule has 1 fully saturated rings. The average Bonchev–Trinajstić information content (AvgIpc) is 2.51. The summed E-state index contributed by atoms with van der Waals surface area (Å²) in [5.41, 5.74) is 5.23. The summed E-state index contributed by atoms with van der Waals surface area (Å²) in [7, 11) is 0.